The first-order chi connectivity index (χ1) is 29.0. The van der Waals surface area contributed by atoms with E-state index in [-0.39, 0.29) is 68.4 Å². The number of hydrogen-bond donors (Lipinski definition) is 1. The number of carbonyl (C=O) groups excluding carboxylic acids is 6. The van der Waals surface area contributed by atoms with E-state index in [9.17, 15) is 33.9 Å². The van der Waals surface area contributed by atoms with Crippen LogP contribution in [-0.2, 0) is 52.4 Å². The maximum atomic E-state index is 12.4. The number of unbranched alkanes of at least 4 members (excludes halogenated alkanes) is 10. The third kappa shape index (κ3) is 35.0. The molecule has 0 aliphatic rings. The van der Waals surface area contributed by atoms with Gasteiger partial charge in [-0.3, -0.25) is 19.2 Å². The van der Waals surface area contributed by atoms with Crippen molar-refractivity contribution in [2.24, 2.45) is 17.8 Å². The Hall–Kier alpha value is -3.26. The second-order valence-electron chi connectivity index (χ2n) is 17.2. The molecule has 0 rings (SSSR count). The van der Waals surface area contributed by atoms with Crippen LogP contribution in [0.2, 0.25) is 0 Å². The summed E-state index contributed by atoms with van der Waals surface area (Å²) >= 11 is 0. The Morgan fingerprint density at radius 2 is 1.02 bits per heavy atom. The van der Waals surface area contributed by atoms with Gasteiger partial charge in [0.25, 0.3) is 0 Å². The van der Waals surface area contributed by atoms with Gasteiger partial charge in [0.2, 0.25) is 0 Å². The lowest BCUT2D eigenvalue weighted by atomic mass is 10.0. The highest BCUT2D eigenvalue weighted by Crippen LogP contribution is 2.16. The molecule has 1 amide bonds. The quantitative estimate of drug-likeness (QED) is 0.0276. The van der Waals surface area contributed by atoms with E-state index in [0.29, 0.717) is 25.8 Å². The Morgan fingerprint density at radius 1 is 0.607 bits per heavy atom. The van der Waals surface area contributed by atoms with Gasteiger partial charge in [-0.05, 0) is 52.9 Å². The summed E-state index contributed by atoms with van der Waals surface area (Å²) in [6.07, 6.45) is 16.0. The van der Waals surface area contributed by atoms with E-state index in [1.807, 2.05) is 13.8 Å². The second-order valence-corrected chi connectivity index (χ2v) is 17.2. The van der Waals surface area contributed by atoms with Gasteiger partial charge in [-0.15, -0.1) is 0 Å². The lowest BCUT2D eigenvalue weighted by Crippen LogP contribution is -2.38. The molecule has 358 valence electrons. The zero-order valence-corrected chi connectivity index (χ0v) is 39.9. The monoisotopic (exact) mass is 874 g/mol. The third-order valence-electron chi connectivity index (χ3n) is 9.96. The van der Waals surface area contributed by atoms with Crippen molar-refractivity contribution in [3.05, 3.63) is 0 Å². The minimum absolute atomic E-state index is 0.0191. The highest BCUT2D eigenvalue weighted by molar-refractivity contribution is 5.73. The van der Waals surface area contributed by atoms with E-state index in [2.05, 4.69) is 20.8 Å². The minimum Gasteiger partial charge on any atom is -0.463 e. The third-order valence-corrected chi connectivity index (χ3v) is 9.96. The van der Waals surface area contributed by atoms with Crippen LogP contribution in [0.25, 0.3) is 0 Å². The summed E-state index contributed by atoms with van der Waals surface area (Å²) in [5.74, 6) is -1.79. The molecule has 0 saturated carbocycles. The summed E-state index contributed by atoms with van der Waals surface area (Å²) in [6.45, 7) is 17.5. The number of esters is 4. The van der Waals surface area contributed by atoms with Crippen LogP contribution in [0.5, 0.6) is 0 Å². The normalized spacial score (nSPS) is 13.6. The Bertz CT molecular complexity index is 1120. The summed E-state index contributed by atoms with van der Waals surface area (Å²) in [6, 6.07) is 0. The number of aldehydes is 1. The molecule has 0 spiro atoms. The van der Waals surface area contributed by atoms with Crippen LogP contribution in [0.15, 0.2) is 0 Å². The van der Waals surface area contributed by atoms with Crippen LogP contribution in [0, 0.1) is 17.8 Å². The average molecular weight is 874 g/mol. The lowest BCUT2D eigenvalue weighted by molar-refractivity contribution is -0.163. The van der Waals surface area contributed by atoms with Gasteiger partial charge in [0.05, 0.1) is 24.4 Å². The summed E-state index contributed by atoms with van der Waals surface area (Å²) in [5, 5.41) is 9.48. The average Bonchev–Trinajstić information content (AvgIpc) is 3.22. The smallest absolute Gasteiger partial charge is 0.410 e. The van der Waals surface area contributed by atoms with Crippen LogP contribution in [0.3, 0.4) is 0 Å². The van der Waals surface area contributed by atoms with Crippen molar-refractivity contribution in [3.8, 4) is 0 Å². The van der Waals surface area contributed by atoms with Crippen LogP contribution in [0.1, 0.15) is 184 Å². The van der Waals surface area contributed by atoms with Gasteiger partial charge in [-0.2, -0.15) is 0 Å². The van der Waals surface area contributed by atoms with Gasteiger partial charge >= 0.3 is 30.0 Å². The summed E-state index contributed by atoms with van der Waals surface area (Å²) < 4.78 is 31.8. The fourth-order valence-corrected chi connectivity index (χ4v) is 5.89. The zero-order chi connectivity index (χ0) is 46.5. The van der Waals surface area contributed by atoms with Crippen LogP contribution in [0.4, 0.5) is 4.79 Å². The molecular formula is C47H87NO13. The first kappa shape index (κ1) is 59.8. The largest absolute Gasteiger partial charge is 0.463 e. The van der Waals surface area contributed by atoms with E-state index in [4.69, 9.17) is 28.4 Å². The molecule has 0 radical (unpaired) electrons. The highest BCUT2D eigenvalue weighted by Gasteiger charge is 2.24. The predicted octanol–water partition coefficient (Wildman–Crippen LogP) is 9.34. The van der Waals surface area contributed by atoms with Crippen LogP contribution < -0.4 is 0 Å². The molecule has 14 heteroatoms. The molecular weight excluding hydrogens is 787 g/mol. The minimum atomic E-state index is -0.932. The maximum Gasteiger partial charge on any atom is 0.410 e. The number of rotatable bonds is 35. The Morgan fingerprint density at radius 3 is 1.38 bits per heavy atom. The van der Waals surface area contributed by atoms with Crippen molar-refractivity contribution in [2.75, 3.05) is 46.6 Å². The molecule has 0 aromatic rings. The number of carbonyl (C=O) groups is 6. The first-order valence-electron chi connectivity index (χ1n) is 23.2. The van der Waals surface area contributed by atoms with Crippen molar-refractivity contribution in [3.63, 3.8) is 0 Å². The van der Waals surface area contributed by atoms with Gasteiger partial charge in [-0.25, -0.2) is 4.79 Å². The fraction of sp³-hybridized carbons (Fsp3) is 0.872. The van der Waals surface area contributed by atoms with Crippen LogP contribution >= 0.6 is 0 Å². The van der Waals surface area contributed by atoms with Crippen molar-refractivity contribution >= 4 is 36.3 Å². The number of hydrogen-bond acceptors (Lipinski definition) is 13. The Labute approximate surface area is 369 Å². The van der Waals surface area contributed by atoms with Gasteiger partial charge in [0.15, 0.2) is 6.10 Å². The summed E-state index contributed by atoms with van der Waals surface area (Å²) in [4.78, 5) is 72.8. The van der Waals surface area contributed by atoms with Crippen molar-refractivity contribution in [1.82, 2.24) is 4.90 Å². The predicted molar refractivity (Wildman–Crippen MR) is 237 cm³/mol. The van der Waals surface area contributed by atoms with Gasteiger partial charge in [-0.1, -0.05) is 119 Å². The van der Waals surface area contributed by atoms with Crippen LogP contribution in [-0.4, -0.2) is 111 Å². The van der Waals surface area contributed by atoms with Gasteiger partial charge in [0.1, 0.15) is 37.8 Å². The van der Waals surface area contributed by atoms with Gasteiger partial charge in [0, 0.05) is 33.0 Å². The molecule has 4 atom stereocenters. The number of amides is 1. The summed E-state index contributed by atoms with van der Waals surface area (Å²) in [7, 11) is 1.54. The lowest BCUT2D eigenvalue weighted by Gasteiger charge is -2.27. The molecule has 0 aromatic carbocycles. The van der Waals surface area contributed by atoms with Gasteiger partial charge < -0.3 is 43.2 Å². The molecule has 61 heavy (non-hydrogen) atoms. The molecule has 0 aromatic heterocycles. The molecule has 14 nitrogen and oxygen atoms in total. The van der Waals surface area contributed by atoms with Crippen molar-refractivity contribution in [1.29, 1.82) is 0 Å². The highest BCUT2D eigenvalue weighted by atomic mass is 16.6. The van der Waals surface area contributed by atoms with E-state index in [0.717, 1.165) is 76.9 Å². The Kier molecular flexibility index (Phi) is 37.7. The summed E-state index contributed by atoms with van der Waals surface area (Å²) in [5.41, 5.74) is -0.655. The van der Waals surface area contributed by atoms with E-state index in [1.54, 1.807) is 27.7 Å². The molecule has 0 fully saturated rings. The molecule has 0 aliphatic carbocycles. The standard InChI is InChI=1S/C25H45NO8.C22H42O5/c1-6-7-8-9-13-20(2)23(30)32-19-21(18-28)33-22(29)14-12-16-26(15-10-11-17-27)24(31)34-25(3,4)5;1-6-8-10-12-14-18(3)21(23)26-16-20(25-5)17-27-22(24)19(4)15-13-11-9-7-2/h17,20-21,28H,6-16,18-19H2,1-5H3;18-20H,6-17H2,1-5H3. The zero-order valence-electron chi connectivity index (χ0n) is 39.9. The molecule has 0 aliphatic heterocycles. The molecule has 0 bridgehead atoms. The number of ether oxygens (including phenoxy) is 6. The topological polar surface area (TPSA) is 181 Å². The van der Waals surface area contributed by atoms with E-state index < -0.39 is 36.5 Å². The van der Waals surface area contributed by atoms with Crippen molar-refractivity contribution < 1.29 is 62.3 Å². The fourth-order valence-electron chi connectivity index (χ4n) is 5.89. The second kappa shape index (κ2) is 38.4. The Balaban J connectivity index is 0. The first-order valence-corrected chi connectivity index (χ1v) is 23.2. The number of aliphatic hydroxyl groups excluding tert-OH is 1. The van der Waals surface area contributed by atoms with Crippen molar-refractivity contribution in [2.45, 2.75) is 202 Å². The van der Waals surface area contributed by atoms with E-state index >= 15 is 0 Å². The maximum absolute atomic E-state index is 12.4. The molecule has 4 unspecified atom stereocenters. The molecule has 0 saturated heterocycles. The molecule has 1 N–H and O–H groups in total. The number of nitrogens with zero attached hydrogens (tertiary/aromatic N) is 1. The molecule has 0 heterocycles. The number of aliphatic hydroxyl groups is 1. The van der Waals surface area contributed by atoms with E-state index in [1.165, 1.54) is 37.7 Å². The number of methoxy groups -OCH3 is 1. The SMILES string of the molecule is CCCCCCC(C)C(=O)OCC(CO)OC(=O)CCCN(CCCC=O)C(=O)OC(C)(C)C.CCCCCCC(C)C(=O)OCC(COC(=O)C(C)CCCCCC)OC.